The number of hydrogen-bond donors (Lipinski definition) is 2. The van der Waals surface area contributed by atoms with Crippen LogP contribution in [0.25, 0.3) is 0 Å². The molecule has 104 valence electrons. The number of ether oxygens (including phenoxy) is 1. The number of hydrogen-bond acceptors (Lipinski definition) is 5. The monoisotopic (exact) mass is 296 g/mol. The molecule has 6 nitrogen and oxygen atoms in total. The predicted molar refractivity (Wildman–Crippen MR) is 72.5 cm³/mol. The average molecular weight is 297 g/mol. The van der Waals surface area contributed by atoms with E-state index in [1.165, 1.54) is 0 Å². The number of nitrogen functional groups attached to an aromatic ring is 1. The molecule has 0 bridgehead atoms. The van der Waals surface area contributed by atoms with Crippen molar-refractivity contribution in [3.05, 3.63) is 41.2 Å². The van der Waals surface area contributed by atoms with Gasteiger partial charge in [-0.1, -0.05) is 11.6 Å². The Balaban J connectivity index is 2.14. The van der Waals surface area contributed by atoms with Crippen molar-refractivity contribution in [1.82, 2.24) is 9.97 Å². The van der Waals surface area contributed by atoms with Gasteiger partial charge >= 0.3 is 0 Å². The van der Waals surface area contributed by atoms with Gasteiger partial charge in [0.25, 0.3) is 5.91 Å². The van der Waals surface area contributed by atoms with Gasteiger partial charge in [-0.3, -0.25) is 4.79 Å². The average Bonchev–Trinajstić information content (AvgIpc) is 2.42. The van der Waals surface area contributed by atoms with Crippen LogP contribution in [-0.4, -0.2) is 22.7 Å². The lowest BCUT2D eigenvalue weighted by atomic mass is 10.3. The minimum atomic E-state index is -1.05. The van der Waals surface area contributed by atoms with Gasteiger partial charge in [-0.15, -0.1) is 0 Å². The highest BCUT2D eigenvalue weighted by Gasteiger charge is 2.14. The van der Waals surface area contributed by atoms with Gasteiger partial charge in [-0.25, -0.2) is 9.37 Å². The van der Waals surface area contributed by atoms with Gasteiger partial charge in [0.05, 0.1) is 6.20 Å². The fraction of sp³-hybridized carbons (Fsp3) is 0.0833. The molecule has 1 aromatic carbocycles. The van der Waals surface area contributed by atoms with Crippen LogP contribution >= 0.6 is 11.6 Å². The van der Waals surface area contributed by atoms with Gasteiger partial charge in [0, 0.05) is 10.7 Å². The lowest BCUT2D eigenvalue weighted by Gasteiger charge is -2.07. The molecule has 0 aliphatic rings. The molecule has 20 heavy (non-hydrogen) atoms. The van der Waals surface area contributed by atoms with Gasteiger partial charge in [0.1, 0.15) is 0 Å². The van der Waals surface area contributed by atoms with Crippen LogP contribution in [0.3, 0.4) is 0 Å². The van der Waals surface area contributed by atoms with Crippen molar-refractivity contribution in [3.8, 4) is 5.88 Å². The number of nitrogens with zero attached hydrogens (tertiary/aromatic N) is 2. The number of amides is 1. The first-order valence-electron chi connectivity index (χ1n) is 5.48. The molecule has 0 spiro atoms. The Labute approximate surface area is 118 Å². The summed E-state index contributed by atoms with van der Waals surface area (Å²) in [5.41, 5.74) is 6.03. The van der Waals surface area contributed by atoms with Crippen molar-refractivity contribution >= 4 is 29.0 Å². The Morgan fingerprint density at radius 1 is 1.40 bits per heavy atom. The molecule has 3 N–H and O–H groups in total. The molecule has 2 rings (SSSR count). The number of carbonyl (C=O) groups is 1. The van der Waals surface area contributed by atoms with E-state index in [-0.39, 0.29) is 17.4 Å². The Kier molecular flexibility index (Phi) is 4.31. The quantitative estimate of drug-likeness (QED) is 0.903. The molecule has 0 saturated heterocycles. The number of anilines is 2. The second kappa shape index (κ2) is 6.16. The van der Waals surface area contributed by atoms with E-state index in [4.69, 9.17) is 17.3 Å². The topological polar surface area (TPSA) is 90.1 Å². The molecule has 0 radical (unpaired) electrons. The van der Waals surface area contributed by atoms with Gasteiger partial charge in [0.2, 0.25) is 12.7 Å². The third-order valence-corrected chi connectivity index (χ3v) is 2.55. The summed E-state index contributed by atoms with van der Waals surface area (Å²) in [6.07, 6.45) is 1.12. The summed E-state index contributed by atoms with van der Waals surface area (Å²) in [6.45, 7) is -1.05. The minimum Gasteiger partial charge on any atom is -0.445 e. The van der Waals surface area contributed by atoms with Crippen LogP contribution < -0.4 is 15.8 Å². The van der Waals surface area contributed by atoms with Crippen molar-refractivity contribution in [2.45, 2.75) is 0 Å². The van der Waals surface area contributed by atoms with Crippen molar-refractivity contribution < 1.29 is 13.9 Å². The fourth-order valence-corrected chi connectivity index (χ4v) is 1.54. The second-order valence-corrected chi connectivity index (χ2v) is 4.09. The molecule has 2 aromatic rings. The highest BCUT2D eigenvalue weighted by Crippen LogP contribution is 2.16. The van der Waals surface area contributed by atoms with Crippen LogP contribution in [0.5, 0.6) is 5.88 Å². The van der Waals surface area contributed by atoms with E-state index in [1.807, 2.05) is 0 Å². The van der Waals surface area contributed by atoms with E-state index < -0.39 is 12.8 Å². The summed E-state index contributed by atoms with van der Waals surface area (Å²) in [5.74, 6) is -0.778. The van der Waals surface area contributed by atoms with E-state index in [0.717, 1.165) is 6.20 Å². The van der Waals surface area contributed by atoms with Crippen LogP contribution in [0.15, 0.2) is 30.5 Å². The Bertz CT molecular complexity index is 621. The summed E-state index contributed by atoms with van der Waals surface area (Å²) < 4.78 is 16.5. The molecular weight excluding hydrogens is 287 g/mol. The Morgan fingerprint density at radius 2 is 2.10 bits per heavy atom. The molecule has 1 heterocycles. The maximum atomic E-state index is 12.0. The van der Waals surface area contributed by atoms with Crippen molar-refractivity contribution in [2.24, 2.45) is 0 Å². The van der Waals surface area contributed by atoms with Crippen LogP contribution in [0.4, 0.5) is 15.9 Å². The summed E-state index contributed by atoms with van der Waals surface area (Å²) in [5, 5.41) is 3.13. The van der Waals surface area contributed by atoms with Gasteiger partial charge < -0.3 is 15.8 Å². The smallest absolute Gasteiger partial charge is 0.278 e. The van der Waals surface area contributed by atoms with Crippen molar-refractivity contribution in [2.75, 3.05) is 17.9 Å². The number of nitrogens with two attached hydrogens (primary N) is 1. The zero-order chi connectivity index (χ0) is 14.5. The molecular formula is C12H10ClFN4O2. The maximum Gasteiger partial charge on any atom is 0.278 e. The standard InChI is InChI=1S/C12H10ClFN4O2/c13-7-1-3-8(4-2-7)17-12(19)10-11(15)18-9(5-16-10)20-6-14/h1-5H,6H2,(H2,15,18)(H,17,19). The molecule has 1 aromatic heterocycles. The molecule has 0 aliphatic heterocycles. The molecule has 1 amide bonds. The molecule has 0 fully saturated rings. The first kappa shape index (κ1) is 14.0. The van der Waals surface area contributed by atoms with E-state index in [2.05, 4.69) is 20.0 Å². The zero-order valence-corrected chi connectivity index (χ0v) is 10.9. The number of carbonyl (C=O) groups excluding carboxylic acids is 1. The normalized spacial score (nSPS) is 10.1. The van der Waals surface area contributed by atoms with Crippen molar-refractivity contribution in [3.63, 3.8) is 0 Å². The number of alkyl halides is 1. The lowest BCUT2D eigenvalue weighted by Crippen LogP contribution is -2.17. The summed E-state index contributed by atoms with van der Waals surface area (Å²) in [4.78, 5) is 19.5. The van der Waals surface area contributed by atoms with E-state index in [1.54, 1.807) is 24.3 Å². The highest BCUT2D eigenvalue weighted by molar-refractivity contribution is 6.30. The molecule has 0 unspecified atom stereocenters. The van der Waals surface area contributed by atoms with Crippen LogP contribution in [-0.2, 0) is 0 Å². The van der Waals surface area contributed by atoms with Crippen LogP contribution in [0.1, 0.15) is 10.5 Å². The summed E-state index contributed by atoms with van der Waals surface area (Å²) >= 11 is 5.74. The first-order valence-corrected chi connectivity index (χ1v) is 5.86. The van der Waals surface area contributed by atoms with Crippen molar-refractivity contribution in [1.29, 1.82) is 0 Å². The van der Waals surface area contributed by atoms with E-state index in [0.29, 0.717) is 10.7 Å². The van der Waals surface area contributed by atoms with Gasteiger partial charge in [0.15, 0.2) is 11.5 Å². The van der Waals surface area contributed by atoms with E-state index >= 15 is 0 Å². The minimum absolute atomic E-state index is 0.0776. The highest BCUT2D eigenvalue weighted by atomic mass is 35.5. The molecule has 0 aliphatic carbocycles. The first-order chi connectivity index (χ1) is 9.60. The fourth-order valence-electron chi connectivity index (χ4n) is 1.41. The summed E-state index contributed by atoms with van der Waals surface area (Å²) in [6, 6.07) is 6.52. The summed E-state index contributed by atoms with van der Waals surface area (Å²) in [7, 11) is 0. The SMILES string of the molecule is Nc1nc(OCF)cnc1C(=O)Nc1ccc(Cl)cc1. The number of nitrogens with one attached hydrogen (secondary N) is 1. The maximum absolute atomic E-state index is 12.0. The van der Waals surface area contributed by atoms with Gasteiger partial charge in [-0.05, 0) is 24.3 Å². The zero-order valence-electron chi connectivity index (χ0n) is 10.1. The second-order valence-electron chi connectivity index (χ2n) is 3.66. The number of benzene rings is 1. The van der Waals surface area contributed by atoms with Crippen LogP contribution in [0, 0.1) is 0 Å². The molecule has 8 heteroatoms. The third-order valence-electron chi connectivity index (χ3n) is 2.30. The number of aromatic nitrogens is 2. The predicted octanol–water partition coefficient (Wildman–Crippen LogP) is 2.27. The Hall–Kier alpha value is -2.41. The Morgan fingerprint density at radius 3 is 2.70 bits per heavy atom. The number of halogens is 2. The third kappa shape index (κ3) is 3.33. The van der Waals surface area contributed by atoms with E-state index in [9.17, 15) is 9.18 Å². The lowest BCUT2D eigenvalue weighted by molar-refractivity contribution is 0.102. The van der Waals surface area contributed by atoms with Gasteiger partial charge in [-0.2, -0.15) is 4.98 Å². The van der Waals surface area contributed by atoms with Crippen LogP contribution in [0.2, 0.25) is 5.02 Å². The molecule has 0 atom stereocenters. The number of rotatable bonds is 4. The largest absolute Gasteiger partial charge is 0.445 e. The molecule has 0 saturated carbocycles.